The number of hydrogen-bond acceptors (Lipinski definition) is 4. The molecule has 1 atom stereocenters. The fourth-order valence-corrected chi connectivity index (χ4v) is 3.85. The van der Waals surface area contributed by atoms with Crippen LogP contribution in [0.25, 0.3) is 11.0 Å². The molecule has 2 amide bonds. The highest BCUT2D eigenvalue weighted by atomic mass is 16.5. The topological polar surface area (TPSA) is 85.2 Å². The molecule has 1 unspecified atom stereocenters. The van der Waals surface area contributed by atoms with E-state index in [2.05, 4.69) is 27.3 Å². The number of anilines is 1. The molecule has 0 saturated heterocycles. The van der Waals surface area contributed by atoms with Gasteiger partial charge >= 0.3 is 0 Å². The summed E-state index contributed by atoms with van der Waals surface area (Å²) in [5.41, 5.74) is 1.83. The van der Waals surface area contributed by atoms with Crippen LogP contribution in [-0.4, -0.2) is 27.0 Å². The first-order valence-corrected chi connectivity index (χ1v) is 10.4. The van der Waals surface area contributed by atoms with Gasteiger partial charge in [0.2, 0.25) is 0 Å². The number of imidazole rings is 1. The molecule has 7 heteroatoms. The monoisotopic (exact) mass is 426 g/mol. The van der Waals surface area contributed by atoms with Gasteiger partial charge < -0.3 is 19.9 Å². The van der Waals surface area contributed by atoms with Gasteiger partial charge in [-0.1, -0.05) is 54.6 Å². The second-order valence-corrected chi connectivity index (χ2v) is 7.86. The Morgan fingerprint density at radius 3 is 2.59 bits per heavy atom. The Balaban J connectivity index is 1.40. The van der Waals surface area contributed by atoms with Crippen molar-refractivity contribution < 1.29 is 14.3 Å². The van der Waals surface area contributed by atoms with Crippen LogP contribution in [0.5, 0.6) is 5.75 Å². The Morgan fingerprint density at radius 2 is 1.75 bits per heavy atom. The molecular weight excluding hydrogens is 404 g/mol. The largest absolute Gasteiger partial charge is 0.466 e. The maximum Gasteiger partial charge on any atom is 0.278 e. The molecule has 0 fully saturated rings. The highest BCUT2D eigenvalue weighted by Crippen LogP contribution is 2.33. The van der Waals surface area contributed by atoms with Crippen molar-refractivity contribution in [2.24, 2.45) is 0 Å². The predicted octanol–water partition coefficient (Wildman–Crippen LogP) is 3.49. The Morgan fingerprint density at radius 1 is 1.03 bits per heavy atom. The Bertz CT molecular complexity index is 1320. The lowest BCUT2D eigenvalue weighted by Gasteiger charge is -2.33. The number of amides is 2. The van der Waals surface area contributed by atoms with E-state index in [1.807, 2.05) is 42.5 Å². The maximum absolute atomic E-state index is 13.1. The Labute approximate surface area is 185 Å². The molecule has 2 heterocycles. The lowest BCUT2D eigenvalue weighted by atomic mass is 10.0. The quantitative estimate of drug-likeness (QED) is 0.479. The van der Waals surface area contributed by atoms with Crippen LogP contribution < -0.4 is 15.4 Å². The van der Waals surface area contributed by atoms with E-state index in [0.717, 1.165) is 16.6 Å². The van der Waals surface area contributed by atoms with E-state index in [0.29, 0.717) is 23.8 Å². The van der Waals surface area contributed by atoms with Gasteiger partial charge in [-0.05, 0) is 36.8 Å². The van der Waals surface area contributed by atoms with E-state index in [1.54, 1.807) is 24.3 Å². The summed E-state index contributed by atoms with van der Waals surface area (Å²) in [4.78, 5) is 30.4. The van der Waals surface area contributed by atoms with Crippen LogP contribution in [0.2, 0.25) is 0 Å². The molecule has 32 heavy (non-hydrogen) atoms. The lowest BCUT2D eigenvalue weighted by Crippen LogP contribution is -2.58. The number of benzene rings is 3. The van der Waals surface area contributed by atoms with Crippen LogP contribution in [0, 0.1) is 0 Å². The Hall–Kier alpha value is -4.13. The molecule has 1 aromatic heterocycles. The van der Waals surface area contributed by atoms with Gasteiger partial charge in [0.05, 0.1) is 23.3 Å². The number of aromatic nitrogens is 2. The molecule has 2 N–H and O–H groups in total. The van der Waals surface area contributed by atoms with Gasteiger partial charge in [0.15, 0.2) is 0 Å². The van der Waals surface area contributed by atoms with Crippen molar-refractivity contribution in [1.82, 2.24) is 14.9 Å². The zero-order valence-corrected chi connectivity index (χ0v) is 17.5. The summed E-state index contributed by atoms with van der Waals surface area (Å²) in [5, 5.41) is 5.60. The minimum absolute atomic E-state index is 0.161. The van der Waals surface area contributed by atoms with Gasteiger partial charge in [0, 0.05) is 6.54 Å². The minimum Gasteiger partial charge on any atom is -0.466 e. The van der Waals surface area contributed by atoms with Gasteiger partial charge in [-0.25, -0.2) is 4.98 Å². The lowest BCUT2D eigenvalue weighted by molar-refractivity contribution is -0.146. The number of hydrogen-bond donors (Lipinski definition) is 2. The molecule has 0 saturated carbocycles. The van der Waals surface area contributed by atoms with Crippen molar-refractivity contribution in [2.45, 2.75) is 25.6 Å². The second-order valence-electron chi connectivity index (χ2n) is 7.86. The van der Waals surface area contributed by atoms with Crippen molar-refractivity contribution in [1.29, 1.82) is 0 Å². The fraction of sp³-hybridized carbons (Fsp3) is 0.160. The third-order valence-electron chi connectivity index (χ3n) is 5.64. The first-order valence-electron chi connectivity index (χ1n) is 10.4. The van der Waals surface area contributed by atoms with Gasteiger partial charge in [0.25, 0.3) is 17.4 Å². The van der Waals surface area contributed by atoms with Crippen LogP contribution >= 0.6 is 0 Å². The summed E-state index contributed by atoms with van der Waals surface area (Å²) in [6.07, 6.45) is 0. The van der Waals surface area contributed by atoms with Crippen molar-refractivity contribution in [3.8, 4) is 5.75 Å². The maximum atomic E-state index is 13.1. The second kappa shape index (κ2) is 7.85. The molecule has 0 bridgehead atoms. The number of nitrogens with zero attached hydrogens (tertiary/aromatic N) is 2. The van der Waals surface area contributed by atoms with Gasteiger partial charge in [-0.2, -0.15) is 0 Å². The molecule has 7 nitrogen and oxygen atoms in total. The van der Waals surface area contributed by atoms with E-state index in [9.17, 15) is 9.59 Å². The highest BCUT2D eigenvalue weighted by molar-refractivity contribution is 6.15. The molecule has 5 rings (SSSR count). The van der Waals surface area contributed by atoms with Gasteiger partial charge in [-0.3, -0.25) is 9.59 Å². The summed E-state index contributed by atoms with van der Waals surface area (Å²) >= 11 is 0. The smallest absolute Gasteiger partial charge is 0.278 e. The van der Waals surface area contributed by atoms with E-state index in [4.69, 9.17) is 9.72 Å². The summed E-state index contributed by atoms with van der Waals surface area (Å²) in [6, 6.07) is 25.0. The third kappa shape index (κ3) is 3.47. The third-order valence-corrected chi connectivity index (χ3v) is 5.64. The van der Waals surface area contributed by atoms with Crippen molar-refractivity contribution in [3.05, 3.63) is 90.3 Å². The standard InChI is InChI=1S/C25H22N4O3/c1-25(24(31)28-19-12-6-8-14-21(19)32-25)23(30)26-15-22-27-18-11-5-7-13-20(18)29(22)16-17-9-3-2-4-10-17/h2-14H,15-16H2,1H3,(H,26,30)(H,28,31). The number of carbonyl (C=O) groups is 2. The molecule has 160 valence electrons. The zero-order valence-electron chi connectivity index (χ0n) is 17.5. The van der Waals surface area contributed by atoms with Crippen LogP contribution in [-0.2, 0) is 22.7 Å². The first-order chi connectivity index (χ1) is 15.5. The molecule has 0 radical (unpaired) electrons. The molecule has 0 aliphatic carbocycles. The SMILES string of the molecule is CC1(C(=O)NCc2nc3ccccc3n2Cc2ccccc2)Oc2ccccc2NC1=O. The highest BCUT2D eigenvalue weighted by Gasteiger charge is 2.47. The summed E-state index contributed by atoms with van der Waals surface area (Å²) in [5.74, 6) is 0.124. The van der Waals surface area contributed by atoms with E-state index in [1.165, 1.54) is 6.92 Å². The number of rotatable bonds is 5. The Kier molecular flexibility index (Phi) is 4.86. The number of ether oxygens (including phenoxy) is 1. The molecule has 4 aromatic rings. The summed E-state index contributed by atoms with van der Waals surface area (Å²) in [7, 11) is 0. The minimum atomic E-state index is -1.68. The van der Waals surface area contributed by atoms with E-state index >= 15 is 0 Å². The van der Waals surface area contributed by atoms with Crippen LogP contribution in [0.4, 0.5) is 5.69 Å². The summed E-state index contributed by atoms with van der Waals surface area (Å²) < 4.78 is 7.89. The average molecular weight is 426 g/mol. The van der Waals surface area contributed by atoms with Crippen LogP contribution in [0.3, 0.4) is 0 Å². The van der Waals surface area contributed by atoms with Crippen molar-refractivity contribution >= 4 is 28.5 Å². The molecule has 1 aliphatic rings. The fourth-order valence-electron chi connectivity index (χ4n) is 3.85. The van der Waals surface area contributed by atoms with E-state index < -0.39 is 17.4 Å². The van der Waals surface area contributed by atoms with Gasteiger partial charge in [-0.15, -0.1) is 0 Å². The summed E-state index contributed by atoms with van der Waals surface area (Å²) in [6.45, 7) is 2.25. The number of para-hydroxylation sites is 4. The van der Waals surface area contributed by atoms with Crippen molar-refractivity contribution in [2.75, 3.05) is 5.32 Å². The zero-order chi connectivity index (χ0) is 22.1. The molecular formula is C25H22N4O3. The first kappa shape index (κ1) is 19.8. The van der Waals surface area contributed by atoms with E-state index in [-0.39, 0.29) is 6.54 Å². The van der Waals surface area contributed by atoms with Crippen LogP contribution in [0.15, 0.2) is 78.9 Å². The van der Waals surface area contributed by atoms with Gasteiger partial charge in [0.1, 0.15) is 11.6 Å². The average Bonchev–Trinajstić information content (AvgIpc) is 3.16. The molecule has 1 aliphatic heterocycles. The molecule has 0 spiro atoms. The predicted molar refractivity (Wildman–Crippen MR) is 121 cm³/mol. The number of fused-ring (bicyclic) bond motifs is 2. The normalized spacial score (nSPS) is 17.3. The number of nitrogens with one attached hydrogen (secondary N) is 2. The number of carbonyl (C=O) groups excluding carboxylic acids is 2. The molecule has 3 aromatic carbocycles. The van der Waals surface area contributed by atoms with Crippen LogP contribution in [0.1, 0.15) is 18.3 Å². The van der Waals surface area contributed by atoms with Crippen molar-refractivity contribution in [3.63, 3.8) is 0 Å².